The first-order chi connectivity index (χ1) is 11.7. The maximum Gasteiger partial charge on any atom is 0.257 e. The van der Waals surface area contributed by atoms with Gasteiger partial charge in [-0.2, -0.15) is 0 Å². The summed E-state index contributed by atoms with van der Waals surface area (Å²) in [6, 6.07) is 5.86. The standard InChI is InChI=1S/C18H23BrN4O2/c1-10(2)13-8-12(19)6-7-15(13)25-9-14-16(17(24)23(4)5)11(3)21-18(20)22-14/h6-8,10H,9H2,1-5H3,(H2,20,21,22). The van der Waals surface area contributed by atoms with Gasteiger partial charge in [-0.1, -0.05) is 29.8 Å². The van der Waals surface area contributed by atoms with Crippen LogP contribution in [0.15, 0.2) is 22.7 Å². The first-order valence-corrected chi connectivity index (χ1v) is 8.77. The van der Waals surface area contributed by atoms with Crippen LogP contribution >= 0.6 is 15.9 Å². The molecule has 25 heavy (non-hydrogen) atoms. The number of nitrogens with zero attached hydrogens (tertiary/aromatic N) is 3. The fraction of sp³-hybridized carbons (Fsp3) is 0.389. The minimum Gasteiger partial charge on any atom is -0.487 e. The molecule has 0 bridgehead atoms. The Morgan fingerprint density at radius 3 is 2.60 bits per heavy atom. The monoisotopic (exact) mass is 406 g/mol. The van der Waals surface area contributed by atoms with Gasteiger partial charge in [0.1, 0.15) is 12.4 Å². The van der Waals surface area contributed by atoms with Crippen LogP contribution in [-0.4, -0.2) is 34.9 Å². The lowest BCUT2D eigenvalue weighted by molar-refractivity contribution is 0.0823. The summed E-state index contributed by atoms with van der Waals surface area (Å²) < 4.78 is 6.98. The zero-order chi connectivity index (χ0) is 18.7. The maximum atomic E-state index is 12.5. The highest BCUT2D eigenvalue weighted by Crippen LogP contribution is 2.30. The summed E-state index contributed by atoms with van der Waals surface area (Å²) in [5.41, 5.74) is 8.31. The quantitative estimate of drug-likeness (QED) is 0.820. The van der Waals surface area contributed by atoms with Crippen molar-refractivity contribution in [3.8, 4) is 5.75 Å². The molecule has 0 atom stereocenters. The van der Waals surface area contributed by atoms with Gasteiger partial charge >= 0.3 is 0 Å². The molecule has 1 heterocycles. The fourth-order valence-electron chi connectivity index (χ4n) is 2.51. The molecule has 0 unspecified atom stereocenters. The van der Waals surface area contributed by atoms with E-state index >= 15 is 0 Å². The van der Waals surface area contributed by atoms with Crippen LogP contribution in [0.3, 0.4) is 0 Å². The minimum absolute atomic E-state index is 0.131. The third-order valence-electron chi connectivity index (χ3n) is 3.76. The van der Waals surface area contributed by atoms with Crippen LogP contribution in [0.5, 0.6) is 5.75 Å². The van der Waals surface area contributed by atoms with Crippen LogP contribution < -0.4 is 10.5 Å². The first kappa shape index (κ1) is 19.2. The molecule has 0 fully saturated rings. The van der Waals surface area contributed by atoms with Gasteiger partial charge in [-0.05, 0) is 36.6 Å². The Labute approximate surface area is 156 Å². The Kier molecular flexibility index (Phi) is 6.00. The molecule has 0 saturated heterocycles. The highest BCUT2D eigenvalue weighted by Gasteiger charge is 2.20. The van der Waals surface area contributed by atoms with Crippen LogP contribution in [-0.2, 0) is 6.61 Å². The number of nitrogen functional groups attached to an aromatic ring is 1. The highest BCUT2D eigenvalue weighted by molar-refractivity contribution is 9.10. The number of halogens is 1. The molecule has 1 aromatic heterocycles. The summed E-state index contributed by atoms with van der Waals surface area (Å²) in [4.78, 5) is 22.3. The molecule has 134 valence electrons. The molecular formula is C18H23BrN4O2. The van der Waals surface area contributed by atoms with E-state index in [0.717, 1.165) is 15.8 Å². The number of benzene rings is 1. The largest absolute Gasteiger partial charge is 0.487 e. The number of carbonyl (C=O) groups is 1. The molecule has 0 aliphatic rings. The SMILES string of the molecule is Cc1nc(N)nc(COc2ccc(Br)cc2C(C)C)c1C(=O)N(C)C. The van der Waals surface area contributed by atoms with E-state index in [-0.39, 0.29) is 18.5 Å². The second-order valence-corrected chi connectivity index (χ2v) is 7.23. The van der Waals surface area contributed by atoms with E-state index in [0.29, 0.717) is 22.9 Å². The normalized spacial score (nSPS) is 10.8. The maximum absolute atomic E-state index is 12.5. The molecule has 2 aromatic rings. The summed E-state index contributed by atoms with van der Waals surface area (Å²) >= 11 is 3.48. The van der Waals surface area contributed by atoms with Crippen LogP contribution in [0, 0.1) is 6.92 Å². The highest BCUT2D eigenvalue weighted by atomic mass is 79.9. The number of hydrogen-bond acceptors (Lipinski definition) is 5. The van der Waals surface area contributed by atoms with Crippen molar-refractivity contribution in [3.63, 3.8) is 0 Å². The molecule has 2 N–H and O–H groups in total. The van der Waals surface area contributed by atoms with Gasteiger partial charge in [0.25, 0.3) is 5.91 Å². The Morgan fingerprint density at radius 2 is 2.00 bits per heavy atom. The van der Waals surface area contributed by atoms with E-state index in [1.807, 2.05) is 18.2 Å². The number of ether oxygens (including phenoxy) is 1. The topological polar surface area (TPSA) is 81.3 Å². The lowest BCUT2D eigenvalue weighted by Crippen LogP contribution is -2.26. The van der Waals surface area contributed by atoms with Crippen molar-refractivity contribution in [1.82, 2.24) is 14.9 Å². The van der Waals surface area contributed by atoms with Crippen molar-refractivity contribution >= 4 is 27.8 Å². The van der Waals surface area contributed by atoms with E-state index in [9.17, 15) is 4.79 Å². The van der Waals surface area contributed by atoms with Crippen LogP contribution in [0.4, 0.5) is 5.95 Å². The Morgan fingerprint density at radius 1 is 1.32 bits per heavy atom. The van der Waals surface area contributed by atoms with Crippen molar-refractivity contribution in [1.29, 1.82) is 0 Å². The predicted octanol–water partition coefficient (Wildman–Crippen LogP) is 3.53. The van der Waals surface area contributed by atoms with Crippen molar-refractivity contribution in [2.24, 2.45) is 0 Å². The predicted molar refractivity (Wildman–Crippen MR) is 102 cm³/mol. The van der Waals surface area contributed by atoms with Gasteiger partial charge in [0, 0.05) is 18.6 Å². The zero-order valence-corrected chi connectivity index (χ0v) is 16.7. The summed E-state index contributed by atoms with van der Waals surface area (Å²) in [5.74, 6) is 1.02. The summed E-state index contributed by atoms with van der Waals surface area (Å²) in [5, 5.41) is 0. The van der Waals surface area contributed by atoms with Gasteiger partial charge in [-0.3, -0.25) is 4.79 Å². The van der Waals surface area contributed by atoms with Gasteiger partial charge in [0.15, 0.2) is 0 Å². The van der Waals surface area contributed by atoms with Gasteiger partial charge < -0.3 is 15.4 Å². The zero-order valence-electron chi connectivity index (χ0n) is 15.1. The van der Waals surface area contributed by atoms with Gasteiger partial charge in [-0.25, -0.2) is 9.97 Å². The van der Waals surface area contributed by atoms with E-state index in [1.165, 1.54) is 4.90 Å². The second-order valence-electron chi connectivity index (χ2n) is 6.31. The Hall–Kier alpha value is -2.15. The van der Waals surface area contributed by atoms with Crippen molar-refractivity contribution < 1.29 is 9.53 Å². The van der Waals surface area contributed by atoms with Crippen molar-refractivity contribution in [3.05, 3.63) is 45.2 Å². The molecule has 6 nitrogen and oxygen atoms in total. The molecule has 7 heteroatoms. The van der Waals surface area contributed by atoms with Gasteiger partial charge in [0.05, 0.1) is 17.0 Å². The number of anilines is 1. The Bertz CT molecular complexity index is 791. The number of aromatic nitrogens is 2. The molecule has 1 aromatic carbocycles. The Balaban J connectivity index is 2.37. The first-order valence-electron chi connectivity index (χ1n) is 7.97. The minimum atomic E-state index is -0.170. The molecule has 0 saturated carbocycles. The number of nitrogens with two attached hydrogens (primary N) is 1. The van der Waals surface area contributed by atoms with E-state index in [4.69, 9.17) is 10.5 Å². The van der Waals surface area contributed by atoms with Crippen LogP contribution in [0.2, 0.25) is 0 Å². The summed E-state index contributed by atoms with van der Waals surface area (Å²) in [6.07, 6.45) is 0. The fourth-order valence-corrected chi connectivity index (χ4v) is 2.89. The molecule has 0 aliphatic heterocycles. The van der Waals surface area contributed by atoms with E-state index < -0.39 is 0 Å². The smallest absolute Gasteiger partial charge is 0.257 e. The number of rotatable bonds is 5. The summed E-state index contributed by atoms with van der Waals surface area (Å²) in [7, 11) is 3.38. The lowest BCUT2D eigenvalue weighted by atomic mass is 10.0. The van der Waals surface area contributed by atoms with Crippen molar-refractivity contribution in [2.45, 2.75) is 33.3 Å². The van der Waals surface area contributed by atoms with Crippen LogP contribution in [0.1, 0.15) is 47.1 Å². The molecule has 2 rings (SSSR count). The third-order valence-corrected chi connectivity index (χ3v) is 4.25. The van der Waals surface area contributed by atoms with Gasteiger partial charge in [0.2, 0.25) is 5.95 Å². The lowest BCUT2D eigenvalue weighted by Gasteiger charge is -2.18. The van der Waals surface area contributed by atoms with Crippen LogP contribution in [0.25, 0.3) is 0 Å². The number of amides is 1. The molecule has 1 amide bonds. The average molecular weight is 407 g/mol. The van der Waals surface area contributed by atoms with Gasteiger partial charge in [-0.15, -0.1) is 0 Å². The van der Waals surface area contributed by atoms with E-state index in [2.05, 4.69) is 39.7 Å². The summed E-state index contributed by atoms with van der Waals surface area (Å²) in [6.45, 7) is 6.09. The molecule has 0 aliphatic carbocycles. The number of carbonyl (C=O) groups excluding carboxylic acids is 1. The average Bonchev–Trinajstić information content (AvgIpc) is 2.52. The van der Waals surface area contributed by atoms with Crippen molar-refractivity contribution in [2.75, 3.05) is 19.8 Å². The third kappa shape index (κ3) is 4.48. The number of aryl methyl sites for hydroxylation is 1. The second kappa shape index (κ2) is 7.82. The number of hydrogen-bond donors (Lipinski definition) is 1. The molecule has 0 spiro atoms. The molecular weight excluding hydrogens is 384 g/mol. The molecule has 0 radical (unpaired) electrons. The van der Waals surface area contributed by atoms with E-state index in [1.54, 1.807) is 21.0 Å².